The van der Waals surface area contributed by atoms with Gasteiger partial charge in [0.2, 0.25) is 11.8 Å². The summed E-state index contributed by atoms with van der Waals surface area (Å²) in [7, 11) is 1.62. The maximum Gasteiger partial charge on any atom is 0.248 e. The molecule has 144 valence electrons. The molecule has 0 spiro atoms. The summed E-state index contributed by atoms with van der Waals surface area (Å²) < 4.78 is 11.9. The molecule has 1 N–H and O–H groups in total. The molecule has 0 aliphatic rings. The van der Waals surface area contributed by atoms with Crippen LogP contribution in [-0.4, -0.2) is 18.0 Å². The van der Waals surface area contributed by atoms with Crippen LogP contribution in [0.5, 0.6) is 5.75 Å². The molecule has 29 heavy (non-hydrogen) atoms. The number of nitrogens with one attached hydrogen (secondary N) is 1. The number of ether oxygens (including phenoxy) is 1. The number of hydrogen-bond acceptors (Lipinski definition) is 4. The van der Waals surface area contributed by atoms with Crippen LogP contribution in [0.3, 0.4) is 0 Å². The van der Waals surface area contributed by atoms with Crippen molar-refractivity contribution in [2.45, 2.75) is 0 Å². The molecule has 1 aromatic heterocycles. The Bertz CT molecular complexity index is 1200. The maximum atomic E-state index is 12.2. The third-order valence-corrected chi connectivity index (χ3v) is 4.99. The molecule has 0 fully saturated rings. The van der Waals surface area contributed by atoms with Gasteiger partial charge < -0.3 is 14.5 Å². The molecule has 0 aliphatic heterocycles. The first-order chi connectivity index (χ1) is 14.1. The Morgan fingerprint density at radius 1 is 1.10 bits per heavy atom. The number of oxazole rings is 1. The highest BCUT2D eigenvalue weighted by atomic mass is 79.9. The van der Waals surface area contributed by atoms with E-state index >= 15 is 0 Å². The van der Waals surface area contributed by atoms with Crippen LogP contribution >= 0.6 is 15.9 Å². The Kier molecular flexibility index (Phi) is 5.44. The van der Waals surface area contributed by atoms with E-state index in [2.05, 4.69) is 26.2 Å². The molecule has 0 atom stereocenters. The fourth-order valence-electron chi connectivity index (χ4n) is 2.83. The number of carbonyl (C=O) groups is 1. The van der Waals surface area contributed by atoms with E-state index in [1.807, 2.05) is 48.5 Å². The standard InChI is InChI=1S/C23H17BrN2O3/c1-28-17-10-6-15(7-11-17)8-13-22(27)25-16-9-12-21-20(14-16)26-23(29-21)18-4-2-3-5-19(18)24/h2-14H,1H3,(H,25,27)/b13-8+. The summed E-state index contributed by atoms with van der Waals surface area (Å²) in [5.74, 6) is 1.07. The van der Waals surface area contributed by atoms with Crippen LogP contribution in [0.2, 0.25) is 0 Å². The summed E-state index contributed by atoms with van der Waals surface area (Å²) in [5.41, 5.74) is 3.76. The van der Waals surface area contributed by atoms with Crippen molar-refractivity contribution in [2.75, 3.05) is 12.4 Å². The Morgan fingerprint density at radius 2 is 1.90 bits per heavy atom. The van der Waals surface area contributed by atoms with Gasteiger partial charge in [0.25, 0.3) is 0 Å². The highest BCUT2D eigenvalue weighted by molar-refractivity contribution is 9.10. The van der Waals surface area contributed by atoms with Gasteiger partial charge in [0.15, 0.2) is 5.58 Å². The lowest BCUT2D eigenvalue weighted by Gasteiger charge is -2.02. The molecular formula is C23H17BrN2O3. The second-order valence-electron chi connectivity index (χ2n) is 6.28. The number of methoxy groups -OCH3 is 1. The van der Waals surface area contributed by atoms with Gasteiger partial charge in [0.1, 0.15) is 11.3 Å². The zero-order valence-electron chi connectivity index (χ0n) is 15.6. The summed E-state index contributed by atoms with van der Waals surface area (Å²) in [4.78, 5) is 16.8. The minimum atomic E-state index is -0.227. The van der Waals surface area contributed by atoms with Crippen LogP contribution in [-0.2, 0) is 4.79 Å². The van der Waals surface area contributed by atoms with Gasteiger partial charge >= 0.3 is 0 Å². The maximum absolute atomic E-state index is 12.2. The largest absolute Gasteiger partial charge is 0.497 e. The number of hydrogen-bond donors (Lipinski definition) is 1. The quantitative estimate of drug-likeness (QED) is 0.385. The fraction of sp³-hybridized carbons (Fsp3) is 0.0435. The number of fused-ring (bicyclic) bond motifs is 1. The molecule has 1 amide bonds. The molecular weight excluding hydrogens is 432 g/mol. The SMILES string of the molecule is COc1ccc(/C=C/C(=O)Nc2ccc3oc(-c4ccccc4Br)nc3c2)cc1. The highest BCUT2D eigenvalue weighted by Gasteiger charge is 2.11. The highest BCUT2D eigenvalue weighted by Crippen LogP contribution is 2.30. The molecule has 0 saturated heterocycles. The topological polar surface area (TPSA) is 64.4 Å². The van der Waals surface area contributed by atoms with Crippen molar-refractivity contribution < 1.29 is 13.9 Å². The van der Waals surface area contributed by atoms with E-state index in [1.165, 1.54) is 6.08 Å². The molecule has 4 rings (SSSR count). The monoisotopic (exact) mass is 448 g/mol. The summed E-state index contributed by atoms with van der Waals surface area (Å²) in [5, 5.41) is 2.85. The van der Waals surface area contributed by atoms with Crippen LogP contribution in [0.15, 0.2) is 81.7 Å². The summed E-state index contributed by atoms with van der Waals surface area (Å²) in [6.45, 7) is 0. The Balaban J connectivity index is 1.49. The fourth-order valence-corrected chi connectivity index (χ4v) is 3.28. The molecule has 0 unspecified atom stereocenters. The Hall–Kier alpha value is -3.38. The van der Waals surface area contributed by atoms with E-state index in [4.69, 9.17) is 9.15 Å². The third kappa shape index (κ3) is 4.38. The van der Waals surface area contributed by atoms with Gasteiger partial charge in [0, 0.05) is 16.2 Å². The number of carbonyl (C=O) groups excluding carboxylic acids is 1. The smallest absolute Gasteiger partial charge is 0.248 e. The zero-order valence-corrected chi connectivity index (χ0v) is 17.1. The zero-order chi connectivity index (χ0) is 20.2. The second-order valence-corrected chi connectivity index (χ2v) is 7.13. The number of rotatable bonds is 5. The van der Waals surface area contributed by atoms with E-state index in [9.17, 15) is 4.79 Å². The van der Waals surface area contributed by atoms with Crippen molar-refractivity contribution in [3.05, 3.63) is 82.8 Å². The van der Waals surface area contributed by atoms with Gasteiger partial charge in [-0.3, -0.25) is 4.79 Å². The minimum Gasteiger partial charge on any atom is -0.497 e. The number of amides is 1. The van der Waals surface area contributed by atoms with Crippen molar-refractivity contribution in [3.8, 4) is 17.2 Å². The van der Waals surface area contributed by atoms with E-state index in [0.717, 1.165) is 21.3 Å². The van der Waals surface area contributed by atoms with Crippen LogP contribution in [0.1, 0.15) is 5.56 Å². The van der Waals surface area contributed by atoms with Gasteiger partial charge in [-0.05, 0) is 70.0 Å². The van der Waals surface area contributed by atoms with E-state index < -0.39 is 0 Å². The Labute approximate surface area is 176 Å². The van der Waals surface area contributed by atoms with Gasteiger partial charge in [-0.25, -0.2) is 4.98 Å². The van der Waals surface area contributed by atoms with Crippen molar-refractivity contribution in [3.63, 3.8) is 0 Å². The van der Waals surface area contributed by atoms with Crippen molar-refractivity contribution in [1.29, 1.82) is 0 Å². The lowest BCUT2D eigenvalue weighted by atomic mass is 10.2. The van der Waals surface area contributed by atoms with Crippen LogP contribution in [0, 0.1) is 0 Å². The van der Waals surface area contributed by atoms with E-state index in [0.29, 0.717) is 22.7 Å². The average molecular weight is 449 g/mol. The number of anilines is 1. The van der Waals surface area contributed by atoms with Crippen molar-refractivity contribution in [1.82, 2.24) is 4.98 Å². The van der Waals surface area contributed by atoms with Gasteiger partial charge in [-0.1, -0.05) is 24.3 Å². The molecule has 6 heteroatoms. The number of nitrogens with zero attached hydrogens (tertiary/aromatic N) is 1. The molecule has 0 aliphatic carbocycles. The van der Waals surface area contributed by atoms with Crippen LogP contribution < -0.4 is 10.1 Å². The van der Waals surface area contributed by atoms with Crippen LogP contribution in [0.4, 0.5) is 5.69 Å². The van der Waals surface area contributed by atoms with E-state index in [-0.39, 0.29) is 5.91 Å². The van der Waals surface area contributed by atoms with Gasteiger partial charge in [-0.15, -0.1) is 0 Å². The molecule has 4 aromatic rings. The normalized spacial score (nSPS) is 11.1. The average Bonchev–Trinajstić information content (AvgIpc) is 3.16. The number of benzene rings is 3. The van der Waals surface area contributed by atoms with Gasteiger partial charge in [0.05, 0.1) is 12.7 Å². The lowest BCUT2D eigenvalue weighted by molar-refractivity contribution is -0.111. The van der Waals surface area contributed by atoms with Crippen LogP contribution in [0.25, 0.3) is 28.6 Å². The molecule has 0 bridgehead atoms. The predicted molar refractivity (Wildman–Crippen MR) is 118 cm³/mol. The van der Waals surface area contributed by atoms with Gasteiger partial charge in [-0.2, -0.15) is 0 Å². The molecule has 5 nitrogen and oxygen atoms in total. The lowest BCUT2D eigenvalue weighted by Crippen LogP contribution is -2.07. The minimum absolute atomic E-state index is 0.227. The summed E-state index contributed by atoms with van der Waals surface area (Å²) in [6.07, 6.45) is 3.23. The third-order valence-electron chi connectivity index (χ3n) is 4.30. The van der Waals surface area contributed by atoms with Crippen molar-refractivity contribution >= 4 is 44.7 Å². The first kappa shape index (κ1) is 19.0. The number of aromatic nitrogens is 1. The second kappa shape index (κ2) is 8.32. The molecule has 0 radical (unpaired) electrons. The Morgan fingerprint density at radius 3 is 2.66 bits per heavy atom. The molecule has 3 aromatic carbocycles. The number of halogens is 1. The summed E-state index contributed by atoms with van der Waals surface area (Å²) >= 11 is 3.51. The van der Waals surface area contributed by atoms with Crippen molar-refractivity contribution in [2.24, 2.45) is 0 Å². The first-order valence-corrected chi connectivity index (χ1v) is 9.70. The summed E-state index contributed by atoms with van der Waals surface area (Å²) in [6, 6.07) is 20.6. The van der Waals surface area contributed by atoms with E-state index in [1.54, 1.807) is 31.4 Å². The predicted octanol–water partition coefficient (Wildman–Crippen LogP) is 5.92. The molecule has 1 heterocycles. The molecule has 0 saturated carbocycles. The first-order valence-electron chi connectivity index (χ1n) is 8.91.